The van der Waals surface area contributed by atoms with Crippen molar-refractivity contribution in [1.82, 2.24) is 9.88 Å². The van der Waals surface area contributed by atoms with Crippen LogP contribution in [-0.4, -0.2) is 15.8 Å². The van der Waals surface area contributed by atoms with Gasteiger partial charge in [-0.3, -0.25) is 9.78 Å². The van der Waals surface area contributed by atoms with E-state index in [1.165, 1.54) is 5.56 Å². The van der Waals surface area contributed by atoms with Crippen molar-refractivity contribution in [3.05, 3.63) is 80.2 Å². The highest BCUT2D eigenvalue weighted by molar-refractivity contribution is 9.10. The van der Waals surface area contributed by atoms with Gasteiger partial charge in [0.25, 0.3) is 5.91 Å². The summed E-state index contributed by atoms with van der Waals surface area (Å²) >= 11 is 5.26. The molecule has 3 heterocycles. The summed E-state index contributed by atoms with van der Waals surface area (Å²) in [5.74, 6) is 0.0113. The molecule has 126 valence electrons. The third-order valence-corrected chi connectivity index (χ3v) is 5.74. The Hall–Kier alpha value is -2.18. The number of aryl methyl sites for hydroxylation is 1. The number of aromatic nitrogens is 1. The van der Waals surface area contributed by atoms with Crippen LogP contribution in [0, 0.1) is 6.92 Å². The summed E-state index contributed by atoms with van der Waals surface area (Å²) in [6.45, 7) is 2.61. The quantitative estimate of drug-likeness (QED) is 0.655. The number of benzene rings is 1. The molecule has 0 fully saturated rings. The van der Waals surface area contributed by atoms with Crippen LogP contribution in [0.25, 0.3) is 0 Å². The van der Waals surface area contributed by atoms with Gasteiger partial charge in [0.1, 0.15) is 6.17 Å². The van der Waals surface area contributed by atoms with Gasteiger partial charge in [-0.2, -0.15) is 0 Å². The average molecular weight is 414 g/mol. The van der Waals surface area contributed by atoms with Gasteiger partial charge in [0.2, 0.25) is 0 Å². The van der Waals surface area contributed by atoms with Crippen molar-refractivity contribution in [3.8, 4) is 0 Å². The van der Waals surface area contributed by atoms with E-state index in [9.17, 15) is 4.79 Å². The summed E-state index contributed by atoms with van der Waals surface area (Å²) in [6.07, 6.45) is 1.45. The highest BCUT2D eigenvalue weighted by atomic mass is 79.9. The predicted molar refractivity (Wildman–Crippen MR) is 104 cm³/mol. The third-order valence-electron chi connectivity index (χ3n) is 4.22. The van der Waals surface area contributed by atoms with Crippen LogP contribution in [0.2, 0.25) is 0 Å². The van der Waals surface area contributed by atoms with Gasteiger partial charge in [-0.05, 0) is 64.1 Å². The van der Waals surface area contributed by atoms with Crippen LogP contribution in [0.15, 0.2) is 58.5 Å². The number of thiophene rings is 1. The fourth-order valence-corrected chi connectivity index (χ4v) is 4.31. The number of fused-ring (bicyclic) bond motifs is 1. The Morgan fingerprint density at radius 3 is 2.92 bits per heavy atom. The average Bonchev–Trinajstić information content (AvgIpc) is 3.20. The summed E-state index contributed by atoms with van der Waals surface area (Å²) < 4.78 is 0.973. The number of nitrogens with zero attached hydrogens (tertiary/aromatic N) is 2. The molecule has 4 nitrogen and oxygen atoms in total. The highest BCUT2D eigenvalue weighted by Crippen LogP contribution is 2.36. The Balaban J connectivity index is 1.71. The number of carbonyl (C=O) groups is 1. The van der Waals surface area contributed by atoms with Crippen molar-refractivity contribution in [3.63, 3.8) is 0 Å². The Morgan fingerprint density at radius 2 is 2.16 bits per heavy atom. The maximum Gasteiger partial charge on any atom is 0.258 e. The van der Waals surface area contributed by atoms with E-state index in [1.807, 2.05) is 53.6 Å². The zero-order valence-electron chi connectivity index (χ0n) is 13.6. The van der Waals surface area contributed by atoms with E-state index < -0.39 is 0 Å². The van der Waals surface area contributed by atoms with Crippen molar-refractivity contribution >= 4 is 38.9 Å². The van der Waals surface area contributed by atoms with Crippen LogP contribution in [0.5, 0.6) is 0 Å². The first-order valence-electron chi connectivity index (χ1n) is 7.94. The lowest BCUT2D eigenvalue weighted by molar-refractivity contribution is 0.0729. The Kier molecular flexibility index (Phi) is 4.31. The zero-order valence-corrected chi connectivity index (χ0v) is 16.0. The van der Waals surface area contributed by atoms with Crippen LogP contribution >= 0.6 is 27.3 Å². The molecule has 1 N–H and O–H groups in total. The molecular weight excluding hydrogens is 398 g/mol. The van der Waals surface area contributed by atoms with Gasteiger partial charge in [-0.1, -0.05) is 12.1 Å². The van der Waals surface area contributed by atoms with Gasteiger partial charge >= 0.3 is 0 Å². The molecule has 0 radical (unpaired) electrons. The van der Waals surface area contributed by atoms with Crippen LogP contribution in [0.4, 0.5) is 5.69 Å². The third kappa shape index (κ3) is 3.07. The minimum atomic E-state index is -0.287. The first-order chi connectivity index (χ1) is 12.1. The van der Waals surface area contributed by atoms with Crippen LogP contribution in [-0.2, 0) is 6.54 Å². The topological polar surface area (TPSA) is 45.2 Å². The number of hydrogen-bond donors (Lipinski definition) is 1. The van der Waals surface area contributed by atoms with Crippen LogP contribution in [0.3, 0.4) is 0 Å². The maximum atomic E-state index is 12.9. The molecule has 1 unspecified atom stereocenters. The van der Waals surface area contributed by atoms with E-state index in [-0.39, 0.29) is 12.1 Å². The molecule has 0 aliphatic carbocycles. The van der Waals surface area contributed by atoms with Gasteiger partial charge in [-0.15, -0.1) is 11.3 Å². The van der Waals surface area contributed by atoms with Crippen molar-refractivity contribution < 1.29 is 4.79 Å². The smallest absolute Gasteiger partial charge is 0.258 e. The summed E-state index contributed by atoms with van der Waals surface area (Å²) in [4.78, 5) is 20.4. The summed E-state index contributed by atoms with van der Waals surface area (Å²) in [7, 11) is 0. The van der Waals surface area contributed by atoms with Gasteiger partial charge in [0.05, 0.1) is 23.5 Å². The van der Waals surface area contributed by atoms with E-state index in [4.69, 9.17) is 0 Å². The summed E-state index contributed by atoms with van der Waals surface area (Å²) in [5.41, 5.74) is 3.56. The minimum Gasteiger partial charge on any atom is -0.359 e. The SMILES string of the molecule is Cc1ccc(NC2c3ncccc3C(=O)N2Cc2cccs2)c(Br)c1. The van der Waals surface area contributed by atoms with Crippen molar-refractivity contribution in [2.24, 2.45) is 0 Å². The van der Waals surface area contributed by atoms with E-state index in [0.717, 1.165) is 20.7 Å². The molecule has 2 aromatic heterocycles. The molecule has 1 atom stereocenters. The summed E-state index contributed by atoms with van der Waals surface area (Å²) in [5, 5.41) is 5.51. The normalized spacial score (nSPS) is 16.2. The summed E-state index contributed by atoms with van der Waals surface area (Å²) in [6, 6.07) is 13.8. The molecule has 25 heavy (non-hydrogen) atoms. The van der Waals surface area contributed by atoms with E-state index >= 15 is 0 Å². The molecule has 0 bridgehead atoms. The van der Waals surface area contributed by atoms with Crippen molar-refractivity contribution in [1.29, 1.82) is 0 Å². The highest BCUT2D eigenvalue weighted by Gasteiger charge is 2.38. The van der Waals surface area contributed by atoms with Crippen molar-refractivity contribution in [2.75, 3.05) is 5.32 Å². The molecule has 0 spiro atoms. The number of halogens is 1. The molecule has 3 aromatic rings. The van der Waals surface area contributed by atoms with Crippen molar-refractivity contribution in [2.45, 2.75) is 19.6 Å². The molecule has 0 saturated heterocycles. The van der Waals surface area contributed by atoms with Gasteiger partial charge < -0.3 is 10.2 Å². The second kappa shape index (κ2) is 6.61. The minimum absolute atomic E-state index is 0.0113. The van der Waals surface area contributed by atoms with Crippen LogP contribution in [0.1, 0.15) is 32.7 Å². The number of anilines is 1. The molecule has 1 aliphatic rings. The standard InChI is InChI=1S/C19H16BrN3OS/c1-12-6-7-16(15(20)10-12)22-18-17-14(5-2-8-21-17)19(24)23(18)11-13-4-3-9-25-13/h2-10,18,22H,11H2,1H3. The number of nitrogens with one attached hydrogen (secondary N) is 1. The fraction of sp³-hybridized carbons (Fsp3) is 0.158. The number of amides is 1. The maximum absolute atomic E-state index is 12.9. The van der Waals surface area contributed by atoms with E-state index in [1.54, 1.807) is 17.5 Å². The number of pyridine rings is 1. The Bertz CT molecular complexity index is 926. The first-order valence-corrected chi connectivity index (χ1v) is 9.62. The van der Waals surface area contributed by atoms with E-state index in [0.29, 0.717) is 12.1 Å². The van der Waals surface area contributed by atoms with Gasteiger partial charge in [0, 0.05) is 15.5 Å². The van der Waals surface area contributed by atoms with Crippen LogP contribution < -0.4 is 5.32 Å². The molecule has 4 rings (SSSR count). The van der Waals surface area contributed by atoms with Gasteiger partial charge in [0.15, 0.2) is 0 Å². The lowest BCUT2D eigenvalue weighted by atomic mass is 10.2. The number of carbonyl (C=O) groups excluding carboxylic acids is 1. The lowest BCUT2D eigenvalue weighted by Crippen LogP contribution is -2.31. The number of rotatable bonds is 4. The molecule has 1 amide bonds. The van der Waals surface area contributed by atoms with Gasteiger partial charge in [-0.25, -0.2) is 0 Å². The first kappa shape index (κ1) is 16.3. The molecule has 0 saturated carbocycles. The molecule has 1 aromatic carbocycles. The molecule has 6 heteroatoms. The lowest BCUT2D eigenvalue weighted by Gasteiger charge is -2.26. The Labute approximate surface area is 158 Å². The molecule has 1 aliphatic heterocycles. The second-order valence-corrected chi connectivity index (χ2v) is 7.87. The zero-order chi connectivity index (χ0) is 17.4. The molecular formula is C19H16BrN3OS. The largest absolute Gasteiger partial charge is 0.359 e. The second-order valence-electron chi connectivity index (χ2n) is 5.98. The van der Waals surface area contributed by atoms with E-state index in [2.05, 4.69) is 32.3 Å². The number of hydrogen-bond acceptors (Lipinski definition) is 4. The predicted octanol–water partition coefficient (Wildman–Crippen LogP) is 4.98. The fourth-order valence-electron chi connectivity index (χ4n) is 3.00. The monoisotopic (exact) mass is 413 g/mol. The Morgan fingerprint density at radius 1 is 1.28 bits per heavy atom.